The number of nitrogens with zero attached hydrogens (tertiary/aromatic N) is 3. The van der Waals surface area contributed by atoms with Gasteiger partial charge in [-0.05, 0) is 17.6 Å². The lowest BCUT2D eigenvalue weighted by atomic mass is 10.2. The van der Waals surface area contributed by atoms with Crippen LogP contribution in [-0.2, 0) is 6.42 Å². The van der Waals surface area contributed by atoms with Crippen molar-refractivity contribution in [1.29, 1.82) is 0 Å². The Morgan fingerprint density at radius 1 is 1.57 bits per heavy atom. The summed E-state index contributed by atoms with van der Waals surface area (Å²) in [6.07, 6.45) is 0.625. The number of carboxylic acids is 1. The van der Waals surface area contributed by atoms with E-state index < -0.39 is 28.0 Å². The molecule has 0 aliphatic carbocycles. The van der Waals surface area contributed by atoms with Gasteiger partial charge in [-0.3, -0.25) is 10.1 Å². The molecule has 1 N–H and O–H groups in total. The molecule has 0 aliphatic rings. The molecule has 21 heavy (non-hydrogen) atoms. The molecule has 1 aromatic heterocycles. The average Bonchev–Trinajstić information content (AvgIpc) is 2.87. The van der Waals surface area contributed by atoms with Gasteiger partial charge >= 0.3 is 5.97 Å². The first-order valence-corrected chi connectivity index (χ1v) is 7.23. The number of aromatic nitrogens is 2. The van der Waals surface area contributed by atoms with Crippen LogP contribution in [0.25, 0.3) is 0 Å². The van der Waals surface area contributed by atoms with Gasteiger partial charge in [-0.1, -0.05) is 18.7 Å². The van der Waals surface area contributed by atoms with E-state index in [1.54, 1.807) is 0 Å². The molecule has 10 heteroatoms. The van der Waals surface area contributed by atoms with Gasteiger partial charge in [-0.15, -0.1) is 0 Å². The summed E-state index contributed by atoms with van der Waals surface area (Å²) in [4.78, 5) is 24.9. The third-order valence-electron chi connectivity index (χ3n) is 2.44. The van der Waals surface area contributed by atoms with Crippen LogP contribution in [-0.4, -0.2) is 25.4 Å². The van der Waals surface area contributed by atoms with Crippen LogP contribution in [0.1, 0.15) is 23.1 Å². The quantitative estimate of drug-likeness (QED) is 0.663. The highest BCUT2D eigenvalue weighted by atomic mass is 32.2. The number of nitro benzene ring substituents is 1. The van der Waals surface area contributed by atoms with Crippen LogP contribution in [0.5, 0.6) is 0 Å². The molecule has 0 atom stereocenters. The number of aryl methyl sites for hydroxylation is 1. The second kappa shape index (κ2) is 6.14. The van der Waals surface area contributed by atoms with Crippen molar-refractivity contribution in [3.05, 3.63) is 39.5 Å². The van der Waals surface area contributed by atoms with Gasteiger partial charge in [0.25, 0.3) is 5.69 Å². The lowest BCUT2D eigenvalue weighted by molar-refractivity contribution is -0.385. The third-order valence-corrected chi connectivity index (χ3v) is 4.26. The molecule has 0 bridgehead atoms. The van der Waals surface area contributed by atoms with Gasteiger partial charge in [0, 0.05) is 6.42 Å². The largest absolute Gasteiger partial charge is 0.477 e. The zero-order valence-corrected chi connectivity index (χ0v) is 12.2. The summed E-state index contributed by atoms with van der Waals surface area (Å²) in [5.41, 5.74) is -1.35. The van der Waals surface area contributed by atoms with Gasteiger partial charge in [0.1, 0.15) is 17.2 Å². The minimum absolute atomic E-state index is 0.0446. The number of rotatable bonds is 5. The maximum absolute atomic E-state index is 13.9. The van der Waals surface area contributed by atoms with Crippen LogP contribution < -0.4 is 0 Å². The van der Waals surface area contributed by atoms with Crippen LogP contribution in [0.15, 0.2) is 21.4 Å². The number of carbonyl (C=O) groups is 1. The molecule has 0 fully saturated rings. The predicted molar refractivity (Wildman–Crippen MR) is 73.4 cm³/mol. The molecule has 7 nitrogen and oxygen atoms in total. The summed E-state index contributed by atoms with van der Waals surface area (Å²) >= 11 is 1.94. The molecule has 1 heterocycles. The highest BCUT2D eigenvalue weighted by Gasteiger charge is 2.24. The van der Waals surface area contributed by atoms with Crippen molar-refractivity contribution in [3.8, 4) is 0 Å². The summed E-state index contributed by atoms with van der Waals surface area (Å²) in [6.45, 7) is 1.87. The van der Waals surface area contributed by atoms with Crippen LogP contribution in [0, 0.1) is 15.9 Å². The zero-order valence-electron chi connectivity index (χ0n) is 10.6. The number of carboxylic acid groups (broad SMARTS) is 1. The number of aromatic carboxylic acids is 1. The second-order valence-electron chi connectivity index (χ2n) is 3.79. The van der Waals surface area contributed by atoms with Crippen LogP contribution in [0.4, 0.5) is 10.1 Å². The molecular weight excluding hydrogens is 321 g/mol. The standard InChI is InChI=1S/C11H8FN3O4S2/c1-2-9-13-11(21-14-9)20-8-3-5(10(16)17)7(15(18)19)4-6(8)12/h3-4H,2H2,1H3,(H,16,17). The molecule has 0 saturated carbocycles. The second-order valence-corrected chi connectivity index (χ2v) is 5.84. The maximum atomic E-state index is 13.9. The van der Waals surface area contributed by atoms with Gasteiger partial charge in [0.05, 0.1) is 15.9 Å². The summed E-state index contributed by atoms with van der Waals surface area (Å²) < 4.78 is 18.3. The topological polar surface area (TPSA) is 106 Å². The van der Waals surface area contributed by atoms with Crippen LogP contribution in [0.2, 0.25) is 0 Å². The Balaban J connectivity index is 2.42. The molecule has 2 aromatic rings. The molecule has 0 amide bonds. The van der Waals surface area contributed by atoms with Gasteiger partial charge < -0.3 is 5.11 Å². The van der Waals surface area contributed by atoms with Gasteiger partial charge in [0.15, 0.2) is 4.34 Å². The predicted octanol–water partition coefficient (Wildman–Crippen LogP) is 3.00. The summed E-state index contributed by atoms with van der Waals surface area (Å²) in [5.74, 6) is -1.76. The molecule has 2 rings (SSSR count). The van der Waals surface area contributed by atoms with Crippen LogP contribution in [0.3, 0.4) is 0 Å². The van der Waals surface area contributed by atoms with E-state index in [1.165, 1.54) is 0 Å². The number of hydrogen-bond donors (Lipinski definition) is 1. The molecule has 0 aliphatic heterocycles. The SMILES string of the molecule is CCc1nsc(Sc2cc(C(=O)O)c([N+](=O)[O-])cc2F)n1. The lowest BCUT2D eigenvalue weighted by Gasteiger charge is -2.03. The fourth-order valence-electron chi connectivity index (χ4n) is 1.46. The first-order chi connectivity index (χ1) is 9.92. The summed E-state index contributed by atoms with van der Waals surface area (Å²) in [7, 11) is 0. The normalized spacial score (nSPS) is 10.6. The lowest BCUT2D eigenvalue weighted by Crippen LogP contribution is -2.04. The Labute approximate surface area is 126 Å². The van der Waals surface area contributed by atoms with E-state index in [9.17, 15) is 19.3 Å². The first-order valence-electron chi connectivity index (χ1n) is 5.64. The van der Waals surface area contributed by atoms with Gasteiger partial charge in [-0.2, -0.15) is 4.37 Å². The number of hydrogen-bond acceptors (Lipinski definition) is 7. The molecule has 0 spiro atoms. The van der Waals surface area contributed by atoms with Crippen molar-refractivity contribution in [2.24, 2.45) is 0 Å². The molecule has 1 aromatic carbocycles. The average molecular weight is 329 g/mol. The Hall–Kier alpha value is -2.07. The van der Waals surface area contributed by atoms with E-state index in [0.717, 1.165) is 29.4 Å². The molecular formula is C11H8FN3O4S2. The highest BCUT2D eigenvalue weighted by molar-refractivity contribution is 8.01. The van der Waals surface area contributed by atoms with E-state index in [2.05, 4.69) is 9.36 Å². The minimum atomic E-state index is -1.49. The van der Waals surface area contributed by atoms with Crippen LogP contribution >= 0.6 is 23.3 Å². The minimum Gasteiger partial charge on any atom is -0.477 e. The zero-order chi connectivity index (χ0) is 15.6. The van der Waals surface area contributed by atoms with Crippen molar-refractivity contribution in [1.82, 2.24) is 9.36 Å². The maximum Gasteiger partial charge on any atom is 0.342 e. The van der Waals surface area contributed by atoms with Crippen molar-refractivity contribution < 1.29 is 19.2 Å². The van der Waals surface area contributed by atoms with E-state index in [4.69, 9.17) is 5.11 Å². The molecule has 0 saturated heterocycles. The smallest absolute Gasteiger partial charge is 0.342 e. The Morgan fingerprint density at radius 2 is 2.29 bits per heavy atom. The summed E-state index contributed by atoms with van der Waals surface area (Å²) in [5, 5.41) is 19.7. The third kappa shape index (κ3) is 3.34. The molecule has 110 valence electrons. The van der Waals surface area contributed by atoms with E-state index in [1.807, 2.05) is 6.92 Å². The van der Waals surface area contributed by atoms with Crippen molar-refractivity contribution in [2.75, 3.05) is 0 Å². The highest BCUT2D eigenvalue weighted by Crippen LogP contribution is 2.34. The fourth-order valence-corrected chi connectivity index (χ4v) is 3.16. The summed E-state index contributed by atoms with van der Waals surface area (Å²) in [6, 6.07) is 1.54. The Kier molecular flexibility index (Phi) is 4.48. The van der Waals surface area contributed by atoms with E-state index in [0.29, 0.717) is 22.7 Å². The number of benzene rings is 1. The first kappa shape index (κ1) is 15.3. The monoisotopic (exact) mass is 329 g/mol. The Bertz CT molecular complexity index is 719. The van der Waals surface area contributed by atoms with Crippen molar-refractivity contribution in [2.45, 2.75) is 22.6 Å². The Morgan fingerprint density at radius 3 is 2.81 bits per heavy atom. The molecule has 0 unspecified atom stereocenters. The number of halogens is 1. The van der Waals surface area contributed by atoms with Crippen molar-refractivity contribution in [3.63, 3.8) is 0 Å². The van der Waals surface area contributed by atoms with Crippen molar-refractivity contribution >= 4 is 35.0 Å². The molecule has 0 radical (unpaired) electrons. The fraction of sp³-hybridized carbons (Fsp3) is 0.182. The van der Waals surface area contributed by atoms with E-state index in [-0.39, 0.29) is 4.90 Å². The van der Waals surface area contributed by atoms with Gasteiger partial charge in [-0.25, -0.2) is 14.2 Å². The van der Waals surface area contributed by atoms with E-state index >= 15 is 0 Å². The number of nitro groups is 1. The van der Waals surface area contributed by atoms with Gasteiger partial charge in [0.2, 0.25) is 0 Å².